The Morgan fingerprint density at radius 2 is 1.59 bits per heavy atom. The Morgan fingerprint density at radius 3 is 2.26 bits per heavy atom. The van der Waals surface area contributed by atoms with Gasteiger partial charge in [-0.2, -0.15) is 4.31 Å². The van der Waals surface area contributed by atoms with Crippen LogP contribution in [0.25, 0.3) is 0 Å². The van der Waals surface area contributed by atoms with E-state index >= 15 is 0 Å². The van der Waals surface area contributed by atoms with E-state index in [4.69, 9.17) is 5.73 Å². The monoisotopic (exact) mass is 607 g/mol. The molecule has 1 aliphatic rings. The average Bonchev–Trinajstić information content (AvgIpc) is 2.82. The fraction of sp³-hybridized carbons (Fsp3) is 0.240. The van der Waals surface area contributed by atoms with Crippen molar-refractivity contribution in [1.29, 1.82) is 0 Å². The van der Waals surface area contributed by atoms with Gasteiger partial charge in [-0.15, -0.1) is 0 Å². The minimum atomic E-state index is -3.78. The molecule has 0 atom stereocenters. The van der Waals surface area contributed by atoms with Gasteiger partial charge in [0.15, 0.2) is 0 Å². The highest BCUT2D eigenvalue weighted by Crippen LogP contribution is 2.37. The Balaban J connectivity index is 1.54. The number of aryl methyl sites for hydroxylation is 2. The molecule has 6 nitrogen and oxygen atoms in total. The molecule has 1 fully saturated rings. The van der Waals surface area contributed by atoms with Crippen LogP contribution in [0.2, 0.25) is 0 Å². The van der Waals surface area contributed by atoms with Gasteiger partial charge in [-0.25, -0.2) is 8.42 Å². The third kappa shape index (κ3) is 5.42. The molecule has 1 amide bonds. The van der Waals surface area contributed by atoms with Crippen molar-refractivity contribution in [2.45, 2.75) is 28.5 Å². The zero-order chi connectivity index (χ0) is 24.5. The molecule has 0 radical (unpaired) electrons. The molecule has 34 heavy (non-hydrogen) atoms. The van der Waals surface area contributed by atoms with Crippen molar-refractivity contribution in [3.05, 3.63) is 80.9 Å². The van der Waals surface area contributed by atoms with Crippen molar-refractivity contribution in [1.82, 2.24) is 9.21 Å². The van der Waals surface area contributed by atoms with Crippen LogP contribution in [0.1, 0.15) is 21.5 Å². The highest BCUT2D eigenvalue weighted by Gasteiger charge is 2.32. The molecule has 0 aromatic heterocycles. The largest absolute Gasteiger partial charge is 0.399 e. The van der Waals surface area contributed by atoms with Crippen LogP contribution >= 0.6 is 34.4 Å². The van der Waals surface area contributed by atoms with Gasteiger partial charge < -0.3 is 10.6 Å². The van der Waals surface area contributed by atoms with E-state index in [1.54, 1.807) is 29.2 Å². The number of nitrogen functional groups attached to an aromatic ring is 1. The lowest BCUT2D eigenvalue weighted by atomic mass is 10.2. The first kappa shape index (κ1) is 25.0. The van der Waals surface area contributed by atoms with E-state index in [0.29, 0.717) is 29.2 Å². The van der Waals surface area contributed by atoms with Crippen LogP contribution in [0, 0.1) is 17.4 Å². The maximum absolute atomic E-state index is 13.6. The van der Waals surface area contributed by atoms with Crippen LogP contribution < -0.4 is 5.73 Å². The third-order valence-corrected chi connectivity index (χ3v) is 9.79. The molecule has 4 rings (SSSR count). The summed E-state index contributed by atoms with van der Waals surface area (Å²) >= 11 is 3.63. The molecule has 0 unspecified atom stereocenters. The molecule has 0 aliphatic carbocycles. The van der Waals surface area contributed by atoms with Gasteiger partial charge in [0.2, 0.25) is 10.0 Å². The van der Waals surface area contributed by atoms with Crippen LogP contribution in [0.15, 0.2) is 75.4 Å². The standard InChI is InChI=1S/C25H26IN3O3S2/c1-17-3-4-18(2)23(15-17)33-22-10-9-21(27)16-24(22)34(31,32)29-13-11-28(12-14-29)25(30)19-5-7-20(26)8-6-19/h3-10,15-16H,11-14,27H2,1-2H3. The second-order valence-corrected chi connectivity index (χ2v) is 12.5. The normalized spacial score (nSPS) is 14.9. The first-order valence-electron chi connectivity index (χ1n) is 10.8. The molecule has 9 heteroatoms. The van der Waals surface area contributed by atoms with E-state index in [1.165, 1.54) is 22.1 Å². The van der Waals surface area contributed by atoms with Crippen molar-refractivity contribution in [3.8, 4) is 0 Å². The molecular weight excluding hydrogens is 581 g/mol. The van der Waals surface area contributed by atoms with Gasteiger partial charge in [-0.05, 0) is 96.1 Å². The molecule has 0 bridgehead atoms. The van der Waals surface area contributed by atoms with Crippen LogP contribution in [-0.2, 0) is 10.0 Å². The number of carbonyl (C=O) groups excluding carboxylic acids is 1. The summed E-state index contributed by atoms with van der Waals surface area (Å²) in [5.41, 5.74) is 9.20. The van der Waals surface area contributed by atoms with Gasteiger partial charge in [-0.3, -0.25) is 4.79 Å². The Bertz CT molecular complexity index is 1320. The highest BCUT2D eigenvalue weighted by molar-refractivity contribution is 14.1. The second kappa shape index (κ2) is 10.3. The van der Waals surface area contributed by atoms with E-state index < -0.39 is 10.0 Å². The topological polar surface area (TPSA) is 83.7 Å². The molecule has 1 heterocycles. The maximum Gasteiger partial charge on any atom is 0.253 e. The predicted octanol–water partition coefficient (Wildman–Crippen LogP) is 4.79. The lowest BCUT2D eigenvalue weighted by molar-refractivity contribution is 0.0698. The number of piperazine rings is 1. The Morgan fingerprint density at radius 1 is 0.912 bits per heavy atom. The minimum Gasteiger partial charge on any atom is -0.399 e. The van der Waals surface area contributed by atoms with Gasteiger partial charge >= 0.3 is 0 Å². The fourth-order valence-electron chi connectivity index (χ4n) is 3.79. The summed E-state index contributed by atoms with van der Waals surface area (Å²) in [4.78, 5) is 16.4. The quantitative estimate of drug-likeness (QED) is 0.333. The minimum absolute atomic E-state index is 0.0800. The van der Waals surface area contributed by atoms with Gasteiger partial charge in [0.25, 0.3) is 5.91 Å². The number of anilines is 1. The average molecular weight is 608 g/mol. The maximum atomic E-state index is 13.6. The molecule has 0 spiro atoms. The van der Waals surface area contributed by atoms with E-state index in [2.05, 4.69) is 28.7 Å². The third-order valence-electron chi connectivity index (χ3n) is 5.77. The number of amides is 1. The summed E-state index contributed by atoms with van der Waals surface area (Å²) in [6.07, 6.45) is 0. The smallest absolute Gasteiger partial charge is 0.253 e. The highest BCUT2D eigenvalue weighted by atomic mass is 127. The van der Waals surface area contributed by atoms with E-state index in [-0.39, 0.29) is 23.9 Å². The zero-order valence-electron chi connectivity index (χ0n) is 19.0. The zero-order valence-corrected chi connectivity index (χ0v) is 22.8. The molecule has 178 valence electrons. The second-order valence-electron chi connectivity index (χ2n) is 8.28. The Labute approximate surface area is 218 Å². The number of rotatable bonds is 5. The molecule has 1 aliphatic heterocycles. The lowest BCUT2D eigenvalue weighted by Crippen LogP contribution is -2.50. The van der Waals surface area contributed by atoms with E-state index in [1.807, 2.05) is 38.1 Å². The summed E-state index contributed by atoms with van der Waals surface area (Å²) in [5.74, 6) is -0.0800. The SMILES string of the molecule is Cc1ccc(C)c(Sc2ccc(N)cc2S(=O)(=O)N2CCN(C(=O)c3ccc(I)cc3)CC2)c1. The molecular formula is C25H26IN3O3S2. The number of benzene rings is 3. The van der Waals surface area contributed by atoms with Crippen molar-refractivity contribution in [2.75, 3.05) is 31.9 Å². The molecule has 1 saturated heterocycles. The molecule has 2 N–H and O–H groups in total. The number of sulfonamides is 1. The summed E-state index contributed by atoms with van der Waals surface area (Å²) < 4.78 is 29.8. The van der Waals surface area contributed by atoms with Crippen LogP contribution in [0.5, 0.6) is 0 Å². The van der Waals surface area contributed by atoms with Gasteiger partial charge in [0.1, 0.15) is 0 Å². The van der Waals surface area contributed by atoms with Crippen molar-refractivity contribution in [3.63, 3.8) is 0 Å². The summed E-state index contributed by atoms with van der Waals surface area (Å²) in [6, 6.07) is 18.5. The Kier molecular flexibility index (Phi) is 7.56. The van der Waals surface area contributed by atoms with Crippen LogP contribution in [0.4, 0.5) is 5.69 Å². The van der Waals surface area contributed by atoms with Crippen molar-refractivity contribution in [2.24, 2.45) is 0 Å². The molecule has 3 aromatic rings. The van der Waals surface area contributed by atoms with E-state index in [0.717, 1.165) is 19.6 Å². The number of nitrogens with two attached hydrogens (primary N) is 1. The summed E-state index contributed by atoms with van der Waals surface area (Å²) in [7, 11) is -3.78. The first-order chi connectivity index (χ1) is 16.1. The first-order valence-corrected chi connectivity index (χ1v) is 14.2. The Hall–Kier alpha value is -2.08. The molecule has 0 saturated carbocycles. The van der Waals surface area contributed by atoms with Crippen LogP contribution in [0.3, 0.4) is 0 Å². The predicted molar refractivity (Wildman–Crippen MR) is 145 cm³/mol. The fourth-order valence-corrected chi connectivity index (χ4v) is 7.13. The number of halogens is 1. The summed E-state index contributed by atoms with van der Waals surface area (Å²) in [6.45, 7) is 5.18. The van der Waals surface area contributed by atoms with Gasteiger partial charge in [-0.1, -0.05) is 23.9 Å². The number of carbonyl (C=O) groups is 1. The van der Waals surface area contributed by atoms with Crippen molar-refractivity contribution < 1.29 is 13.2 Å². The number of hydrogen-bond acceptors (Lipinski definition) is 5. The summed E-state index contributed by atoms with van der Waals surface area (Å²) in [5, 5.41) is 0. The molecule has 3 aromatic carbocycles. The van der Waals surface area contributed by atoms with Crippen LogP contribution in [-0.4, -0.2) is 49.7 Å². The van der Waals surface area contributed by atoms with E-state index in [9.17, 15) is 13.2 Å². The number of nitrogens with zero attached hydrogens (tertiary/aromatic N) is 2. The van der Waals surface area contributed by atoms with Crippen molar-refractivity contribution >= 4 is 56.0 Å². The van der Waals surface area contributed by atoms with Gasteiger partial charge in [0.05, 0.1) is 4.90 Å². The lowest BCUT2D eigenvalue weighted by Gasteiger charge is -2.34. The van der Waals surface area contributed by atoms with Gasteiger partial charge in [0, 0.05) is 50.8 Å². The number of hydrogen-bond donors (Lipinski definition) is 1.